The lowest BCUT2D eigenvalue weighted by Crippen LogP contribution is -2.41. The van der Waals surface area contributed by atoms with E-state index in [-0.39, 0.29) is 12.0 Å². The zero-order chi connectivity index (χ0) is 19.6. The Hall–Kier alpha value is -2.71. The van der Waals surface area contributed by atoms with E-state index in [1.807, 2.05) is 41.2 Å². The Labute approximate surface area is 163 Å². The van der Waals surface area contributed by atoms with Crippen LogP contribution in [0.5, 0.6) is 0 Å². The number of aromatic nitrogens is 2. The lowest BCUT2D eigenvalue weighted by atomic mass is 9.81. The van der Waals surface area contributed by atoms with E-state index in [0.717, 1.165) is 18.5 Å². The van der Waals surface area contributed by atoms with Crippen molar-refractivity contribution in [2.45, 2.75) is 31.1 Å². The van der Waals surface area contributed by atoms with Crippen molar-refractivity contribution in [2.75, 3.05) is 25.6 Å². The molecule has 148 valence electrons. The van der Waals surface area contributed by atoms with Crippen LogP contribution in [0.1, 0.15) is 35.7 Å². The van der Waals surface area contributed by atoms with E-state index in [0.29, 0.717) is 31.0 Å². The standard InChI is InChI=1S/C20H25N5O3/c1-22-12-14-7-8-20(27-9-10-28-20)11-17(14)25-13-16(18(21)26)19(24-25)23-15-5-3-2-4-6-15/h2-6,12-14,17H,7-11H2,1H3,(H2,21,26)(H,23,24). The maximum Gasteiger partial charge on any atom is 0.254 e. The minimum Gasteiger partial charge on any atom is -0.365 e. The first kappa shape index (κ1) is 18.6. The molecule has 0 bridgehead atoms. The normalized spacial score (nSPS) is 24.0. The fraction of sp³-hybridized carbons (Fsp3) is 0.450. The number of nitrogens with two attached hydrogens (primary N) is 1. The molecule has 1 spiro atoms. The monoisotopic (exact) mass is 383 g/mol. The van der Waals surface area contributed by atoms with Crippen molar-refractivity contribution in [1.82, 2.24) is 9.78 Å². The van der Waals surface area contributed by atoms with Crippen LogP contribution >= 0.6 is 0 Å². The number of rotatable bonds is 5. The second kappa shape index (κ2) is 7.73. The molecular weight excluding hydrogens is 358 g/mol. The van der Waals surface area contributed by atoms with Crippen molar-refractivity contribution in [3.8, 4) is 0 Å². The summed E-state index contributed by atoms with van der Waals surface area (Å²) in [4.78, 5) is 16.2. The van der Waals surface area contributed by atoms with Gasteiger partial charge in [0.25, 0.3) is 5.91 Å². The van der Waals surface area contributed by atoms with Gasteiger partial charge in [-0.1, -0.05) is 18.2 Å². The van der Waals surface area contributed by atoms with Crippen molar-refractivity contribution >= 4 is 23.6 Å². The molecule has 28 heavy (non-hydrogen) atoms. The van der Waals surface area contributed by atoms with Gasteiger partial charge in [0.2, 0.25) is 0 Å². The van der Waals surface area contributed by atoms with Gasteiger partial charge in [-0.2, -0.15) is 5.10 Å². The summed E-state index contributed by atoms with van der Waals surface area (Å²) < 4.78 is 13.7. The molecule has 8 heteroatoms. The molecule has 1 aliphatic heterocycles. The molecular formula is C20H25N5O3. The summed E-state index contributed by atoms with van der Waals surface area (Å²) in [6.07, 6.45) is 5.99. The number of benzene rings is 1. The number of primary amides is 1. The van der Waals surface area contributed by atoms with Gasteiger partial charge in [-0.05, 0) is 18.6 Å². The third kappa shape index (κ3) is 3.65. The molecule has 1 amide bonds. The third-order valence-corrected chi connectivity index (χ3v) is 5.40. The van der Waals surface area contributed by atoms with Gasteiger partial charge in [-0.25, -0.2) is 0 Å². The van der Waals surface area contributed by atoms with Crippen molar-refractivity contribution in [1.29, 1.82) is 0 Å². The largest absolute Gasteiger partial charge is 0.365 e. The Morgan fingerprint density at radius 2 is 2.11 bits per heavy atom. The van der Waals surface area contributed by atoms with Gasteiger partial charge < -0.3 is 25.5 Å². The van der Waals surface area contributed by atoms with Crippen LogP contribution in [0.2, 0.25) is 0 Å². The molecule has 8 nitrogen and oxygen atoms in total. The van der Waals surface area contributed by atoms with E-state index in [1.165, 1.54) is 0 Å². The topological polar surface area (TPSA) is 104 Å². The highest BCUT2D eigenvalue weighted by Crippen LogP contribution is 2.43. The second-order valence-electron chi connectivity index (χ2n) is 7.22. The van der Waals surface area contributed by atoms with Gasteiger partial charge in [0.1, 0.15) is 5.56 Å². The highest BCUT2D eigenvalue weighted by atomic mass is 16.7. The average Bonchev–Trinajstić information content (AvgIpc) is 3.32. The summed E-state index contributed by atoms with van der Waals surface area (Å²) in [5, 5.41) is 7.86. The summed E-state index contributed by atoms with van der Waals surface area (Å²) in [6, 6.07) is 9.53. The summed E-state index contributed by atoms with van der Waals surface area (Å²) in [5.41, 5.74) is 6.80. The summed E-state index contributed by atoms with van der Waals surface area (Å²) in [6.45, 7) is 1.21. The first-order chi connectivity index (χ1) is 13.6. The quantitative estimate of drug-likeness (QED) is 0.772. The zero-order valence-corrected chi connectivity index (χ0v) is 15.9. The van der Waals surface area contributed by atoms with Gasteiger partial charge in [0, 0.05) is 43.9 Å². The van der Waals surface area contributed by atoms with Crippen LogP contribution in [0.3, 0.4) is 0 Å². The number of para-hydroxylation sites is 1. The molecule has 2 heterocycles. The van der Waals surface area contributed by atoms with Crippen LogP contribution in [0, 0.1) is 5.92 Å². The Balaban J connectivity index is 1.67. The number of amides is 1. The molecule has 1 aromatic heterocycles. The minimum absolute atomic E-state index is 0.0417. The van der Waals surface area contributed by atoms with E-state index in [1.54, 1.807) is 13.2 Å². The van der Waals surface area contributed by atoms with Crippen molar-refractivity contribution in [3.05, 3.63) is 42.1 Å². The average molecular weight is 383 g/mol. The van der Waals surface area contributed by atoms with Gasteiger partial charge >= 0.3 is 0 Å². The number of hydrogen-bond acceptors (Lipinski definition) is 6. The van der Waals surface area contributed by atoms with Gasteiger partial charge in [-0.3, -0.25) is 9.48 Å². The van der Waals surface area contributed by atoms with Crippen LogP contribution in [0.15, 0.2) is 41.5 Å². The van der Waals surface area contributed by atoms with Gasteiger partial charge in [0.05, 0.1) is 19.3 Å². The Bertz CT molecular complexity index is 858. The predicted octanol–water partition coefficient (Wildman–Crippen LogP) is 2.51. The smallest absolute Gasteiger partial charge is 0.254 e. The number of ether oxygens (including phenoxy) is 2. The highest BCUT2D eigenvalue weighted by Gasteiger charge is 2.46. The number of carbonyl (C=O) groups excluding carboxylic acids is 1. The predicted molar refractivity (Wildman–Crippen MR) is 106 cm³/mol. The van der Waals surface area contributed by atoms with Crippen LogP contribution in [0.25, 0.3) is 0 Å². The molecule has 1 saturated heterocycles. The first-order valence-corrected chi connectivity index (χ1v) is 9.51. The number of hydrogen-bond donors (Lipinski definition) is 2. The lowest BCUT2D eigenvalue weighted by Gasteiger charge is -2.39. The highest BCUT2D eigenvalue weighted by molar-refractivity contribution is 5.98. The van der Waals surface area contributed by atoms with E-state index >= 15 is 0 Å². The number of carbonyl (C=O) groups is 1. The second-order valence-corrected chi connectivity index (χ2v) is 7.22. The maximum atomic E-state index is 12.0. The maximum absolute atomic E-state index is 12.0. The van der Waals surface area contributed by atoms with Crippen molar-refractivity contribution in [3.63, 3.8) is 0 Å². The van der Waals surface area contributed by atoms with E-state index in [9.17, 15) is 4.79 Å². The third-order valence-electron chi connectivity index (χ3n) is 5.40. The Morgan fingerprint density at radius 1 is 1.36 bits per heavy atom. The van der Waals surface area contributed by atoms with Crippen LogP contribution in [-0.4, -0.2) is 48.0 Å². The zero-order valence-electron chi connectivity index (χ0n) is 15.9. The molecule has 2 fully saturated rings. The van der Waals surface area contributed by atoms with Gasteiger partial charge in [0.15, 0.2) is 11.6 Å². The van der Waals surface area contributed by atoms with Crippen LogP contribution < -0.4 is 11.1 Å². The molecule has 0 radical (unpaired) electrons. The van der Waals surface area contributed by atoms with E-state index < -0.39 is 11.7 Å². The van der Waals surface area contributed by atoms with Crippen molar-refractivity contribution < 1.29 is 14.3 Å². The van der Waals surface area contributed by atoms with Gasteiger partial charge in [-0.15, -0.1) is 0 Å². The molecule has 1 aliphatic carbocycles. The number of nitrogens with zero attached hydrogens (tertiary/aromatic N) is 3. The molecule has 1 saturated carbocycles. The summed E-state index contributed by atoms with van der Waals surface area (Å²) >= 11 is 0. The fourth-order valence-corrected chi connectivity index (χ4v) is 4.06. The first-order valence-electron chi connectivity index (χ1n) is 9.51. The molecule has 2 atom stereocenters. The summed E-state index contributed by atoms with van der Waals surface area (Å²) in [7, 11) is 1.77. The molecule has 3 N–H and O–H groups in total. The lowest BCUT2D eigenvalue weighted by molar-refractivity contribution is -0.189. The van der Waals surface area contributed by atoms with Crippen LogP contribution in [0.4, 0.5) is 11.5 Å². The van der Waals surface area contributed by atoms with E-state index in [2.05, 4.69) is 15.4 Å². The summed E-state index contributed by atoms with van der Waals surface area (Å²) in [5.74, 6) is -0.481. The Kier molecular flexibility index (Phi) is 5.15. The Morgan fingerprint density at radius 3 is 2.79 bits per heavy atom. The molecule has 4 rings (SSSR count). The molecule has 2 aliphatic rings. The van der Waals surface area contributed by atoms with Crippen LogP contribution in [-0.2, 0) is 9.47 Å². The fourth-order valence-electron chi connectivity index (χ4n) is 4.06. The molecule has 2 unspecified atom stereocenters. The minimum atomic E-state index is -0.575. The number of aliphatic imine (C=N–C) groups is 1. The number of nitrogens with one attached hydrogen (secondary N) is 1. The number of anilines is 2. The van der Waals surface area contributed by atoms with Crippen molar-refractivity contribution in [2.24, 2.45) is 16.6 Å². The molecule has 2 aromatic rings. The van der Waals surface area contributed by atoms with E-state index in [4.69, 9.17) is 15.2 Å². The SMILES string of the molecule is CN=CC1CCC2(CC1n1cc(C(N)=O)c(Nc3ccccc3)n1)OCCO2. The molecule has 1 aromatic carbocycles.